The number of hydrogen-bond donors (Lipinski definition) is 2. The Hall–Kier alpha value is -2.24. The second-order valence-electron chi connectivity index (χ2n) is 5.39. The predicted octanol–water partition coefficient (Wildman–Crippen LogP) is 3.02. The number of amides is 1. The van der Waals surface area contributed by atoms with Gasteiger partial charge in [0.1, 0.15) is 18.1 Å². The van der Waals surface area contributed by atoms with Crippen LogP contribution in [0.5, 0.6) is 11.5 Å². The number of benzene rings is 2. The normalized spacial score (nSPS) is 10.3. The highest BCUT2D eigenvalue weighted by atomic mass is 35.5. The van der Waals surface area contributed by atoms with E-state index in [1.54, 1.807) is 7.11 Å². The smallest absolute Gasteiger partial charge is 0.221 e. The molecule has 0 aliphatic carbocycles. The van der Waals surface area contributed by atoms with Gasteiger partial charge in [0.15, 0.2) is 0 Å². The molecule has 134 valence electrons. The molecule has 2 aromatic rings. The van der Waals surface area contributed by atoms with Crippen molar-refractivity contribution in [3.05, 3.63) is 59.1 Å². The van der Waals surface area contributed by atoms with E-state index in [2.05, 4.69) is 10.6 Å². The first-order valence-corrected chi connectivity index (χ1v) is 8.54. The van der Waals surface area contributed by atoms with Gasteiger partial charge in [-0.15, -0.1) is 0 Å². The largest absolute Gasteiger partial charge is 0.497 e. The summed E-state index contributed by atoms with van der Waals surface area (Å²) in [6.07, 6.45) is 0.410. The van der Waals surface area contributed by atoms with Crippen molar-refractivity contribution in [2.75, 3.05) is 26.8 Å². The van der Waals surface area contributed by atoms with Crippen LogP contribution in [0, 0.1) is 0 Å². The van der Waals surface area contributed by atoms with E-state index in [9.17, 15) is 4.79 Å². The molecular weight excluding hydrogens is 340 g/mol. The van der Waals surface area contributed by atoms with Gasteiger partial charge in [0.25, 0.3) is 0 Å². The first-order chi connectivity index (χ1) is 12.2. The summed E-state index contributed by atoms with van der Waals surface area (Å²) in [6, 6.07) is 15.0. The third-order valence-electron chi connectivity index (χ3n) is 3.55. The molecule has 1 amide bonds. The maximum atomic E-state index is 11.8. The molecule has 0 aliphatic heterocycles. The summed E-state index contributed by atoms with van der Waals surface area (Å²) in [5.41, 5.74) is 1.03. The van der Waals surface area contributed by atoms with E-state index in [0.29, 0.717) is 32.7 Å². The van der Waals surface area contributed by atoms with E-state index in [1.807, 2.05) is 48.5 Å². The molecule has 0 saturated heterocycles. The molecule has 0 aromatic heterocycles. The maximum absolute atomic E-state index is 11.8. The maximum Gasteiger partial charge on any atom is 0.221 e. The molecule has 0 bridgehead atoms. The summed E-state index contributed by atoms with van der Waals surface area (Å²) in [5.74, 6) is 1.52. The molecular formula is C19H23ClN2O3. The Labute approximate surface area is 153 Å². The number of ether oxygens (including phenoxy) is 2. The minimum absolute atomic E-state index is 0.00927. The van der Waals surface area contributed by atoms with Gasteiger partial charge in [-0.1, -0.05) is 29.8 Å². The fourth-order valence-electron chi connectivity index (χ4n) is 2.19. The molecule has 0 heterocycles. The fraction of sp³-hybridized carbons (Fsp3) is 0.316. The molecule has 6 heteroatoms. The SMILES string of the molecule is COc1ccc(OCCNC(=O)CCNCc2ccccc2Cl)cc1. The number of halogens is 1. The molecule has 2 aromatic carbocycles. The van der Waals surface area contributed by atoms with Gasteiger partial charge in [-0.3, -0.25) is 4.79 Å². The minimum Gasteiger partial charge on any atom is -0.497 e. The van der Waals surface area contributed by atoms with E-state index in [1.165, 1.54) is 0 Å². The lowest BCUT2D eigenvalue weighted by molar-refractivity contribution is -0.121. The van der Waals surface area contributed by atoms with Crippen LogP contribution in [-0.2, 0) is 11.3 Å². The van der Waals surface area contributed by atoms with Crippen LogP contribution < -0.4 is 20.1 Å². The first-order valence-electron chi connectivity index (χ1n) is 8.16. The minimum atomic E-state index is -0.00927. The zero-order chi connectivity index (χ0) is 17.9. The highest BCUT2D eigenvalue weighted by molar-refractivity contribution is 6.31. The molecule has 2 rings (SSSR count). The highest BCUT2D eigenvalue weighted by Gasteiger charge is 2.02. The number of carbonyl (C=O) groups is 1. The van der Waals surface area contributed by atoms with Crippen LogP contribution >= 0.6 is 11.6 Å². The van der Waals surface area contributed by atoms with Crippen LogP contribution in [0.1, 0.15) is 12.0 Å². The Kier molecular flexibility index (Phi) is 8.09. The molecule has 2 N–H and O–H groups in total. The van der Waals surface area contributed by atoms with Gasteiger partial charge in [0.2, 0.25) is 5.91 Å². The van der Waals surface area contributed by atoms with Gasteiger partial charge in [0.05, 0.1) is 13.7 Å². The molecule has 0 radical (unpaired) electrons. The lowest BCUT2D eigenvalue weighted by Gasteiger charge is -2.09. The van der Waals surface area contributed by atoms with Crippen molar-refractivity contribution in [3.63, 3.8) is 0 Å². The van der Waals surface area contributed by atoms with Crippen LogP contribution in [0.2, 0.25) is 5.02 Å². The summed E-state index contributed by atoms with van der Waals surface area (Å²) in [4.78, 5) is 11.8. The average Bonchev–Trinajstić information content (AvgIpc) is 2.64. The Bertz CT molecular complexity index is 662. The van der Waals surface area contributed by atoms with Crippen molar-refractivity contribution in [2.45, 2.75) is 13.0 Å². The molecule has 0 aliphatic rings. The van der Waals surface area contributed by atoms with Crippen molar-refractivity contribution in [1.29, 1.82) is 0 Å². The summed E-state index contributed by atoms with van der Waals surface area (Å²) in [6.45, 7) is 2.13. The zero-order valence-electron chi connectivity index (χ0n) is 14.3. The molecule has 5 nitrogen and oxygen atoms in total. The van der Waals surface area contributed by atoms with E-state index in [0.717, 1.165) is 22.1 Å². The number of methoxy groups -OCH3 is 1. The zero-order valence-corrected chi connectivity index (χ0v) is 15.0. The molecule has 0 atom stereocenters. The lowest BCUT2D eigenvalue weighted by Crippen LogP contribution is -2.30. The van der Waals surface area contributed by atoms with Crippen molar-refractivity contribution in [3.8, 4) is 11.5 Å². The Morgan fingerprint density at radius 3 is 2.48 bits per heavy atom. The Morgan fingerprint density at radius 2 is 1.76 bits per heavy atom. The monoisotopic (exact) mass is 362 g/mol. The van der Waals surface area contributed by atoms with Crippen molar-refractivity contribution in [1.82, 2.24) is 10.6 Å². The average molecular weight is 363 g/mol. The quantitative estimate of drug-likeness (QED) is 0.638. The summed E-state index contributed by atoms with van der Waals surface area (Å²) in [7, 11) is 1.62. The number of rotatable bonds is 10. The Balaban J connectivity index is 1.54. The molecule has 25 heavy (non-hydrogen) atoms. The topological polar surface area (TPSA) is 59.6 Å². The third kappa shape index (κ3) is 7.03. The second-order valence-corrected chi connectivity index (χ2v) is 5.80. The van der Waals surface area contributed by atoms with Gasteiger partial charge in [-0.05, 0) is 35.9 Å². The first kappa shape index (κ1) is 19.1. The Morgan fingerprint density at radius 1 is 1.04 bits per heavy atom. The standard InChI is InChI=1S/C19H23ClN2O3/c1-24-16-6-8-17(9-7-16)25-13-12-22-19(23)10-11-21-14-15-4-2-3-5-18(15)20/h2-9,21H,10-14H2,1H3,(H,22,23). The van der Waals surface area contributed by atoms with Crippen LogP contribution in [0.3, 0.4) is 0 Å². The number of nitrogens with one attached hydrogen (secondary N) is 2. The van der Waals surface area contributed by atoms with E-state index in [4.69, 9.17) is 21.1 Å². The van der Waals surface area contributed by atoms with E-state index < -0.39 is 0 Å². The van der Waals surface area contributed by atoms with Crippen LogP contribution in [0.4, 0.5) is 0 Å². The summed E-state index contributed by atoms with van der Waals surface area (Å²) in [5, 5.41) is 6.77. The van der Waals surface area contributed by atoms with Crippen molar-refractivity contribution >= 4 is 17.5 Å². The van der Waals surface area contributed by atoms with Crippen LogP contribution in [-0.4, -0.2) is 32.7 Å². The predicted molar refractivity (Wildman–Crippen MR) is 99.3 cm³/mol. The van der Waals surface area contributed by atoms with E-state index >= 15 is 0 Å². The van der Waals surface area contributed by atoms with Crippen LogP contribution in [0.25, 0.3) is 0 Å². The fourth-order valence-corrected chi connectivity index (χ4v) is 2.39. The van der Waals surface area contributed by atoms with Gasteiger partial charge in [0, 0.05) is 24.5 Å². The van der Waals surface area contributed by atoms with Crippen LogP contribution in [0.15, 0.2) is 48.5 Å². The second kappa shape index (κ2) is 10.6. The summed E-state index contributed by atoms with van der Waals surface area (Å²) < 4.78 is 10.6. The van der Waals surface area contributed by atoms with Gasteiger partial charge < -0.3 is 20.1 Å². The molecule has 0 fully saturated rings. The van der Waals surface area contributed by atoms with Gasteiger partial charge in [-0.25, -0.2) is 0 Å². The molecule has 0 saturated carbocycles. The van der Waals surface area contributed by atoms with Crippen molar-refractivity contribution < 1.29 is 14.3 Å². The lowest BCUT2D eigenvalue weighted by atomic mass is 10.2. The number of hydrogen-bond acceptors (Lipinski definition) is 4. The van der Waals surface area contributed by atoms with Gasteiger partial charge >= 0.3 is 0 Å². The highest BCUT2D eigenvalue weighted by Crippen LogP contribution is 2.16. The van der Waals surface area contributed by atoms with Gasteiger partial charge in [-0.2, -0.15) is 0 Å². The van der Waals surface area contributed by atoms with E-state index in [-0.39, 0.29) is 5.91 Å². The molecule has 0 unspecified atom stereocenters. The number of carbonyl (C=O) groups excluding carboxylic acids is 1. The third-order valence-corrected chi connectivity index (χ3v) is 3.92. The summed E-state index contributed by atoms with van der Waals surface area (Å²) >= 11 is 6.08. The molecule has 0 spiro atoms. The van der Waals surface area contributed by atoms with Crippen molar-refractivity contribution in [2.24, 2.45) is 0 Å².